The average molecular weight is 421 g/mol. The third-order valence-electron chi connectivity index (χ3n) is 5.26. The van der Waals surface area contributed by atoms with Crippen LogP contribution in [-0.2, 0) is 19.5 Å². The maximum Gasteiger partial charge on any atom is 0.254 e. The summed E-state index contributed by atoms with van der Waals surface area (Å²) in [6.45, 7) is 1.51. The Balaban J connectivity index is 1.45. The molecule has 0 unspecified atom stereocenters. The van der Waals surface area contributed by atoms with E-state index < -0.39 is 0 Å². The molecule has 0 saturated carbocycles. The van der Waals surface area contributed by atoms with Crippen molar-refractivity contribution in [3.05, 3.63) is 91.3 Å². The second-order valence-electron chi connectivity index (χ2n) is 7.25. The van der Waals surface area contributed by atoms with Crippen LogP contribution in [0.4, 0.5) is 0 Å². The third kappa shape index (κ3) is 3.42. The van der Waals surface area contributed by atoms with E-state index in [0.29, 0.717) is 70.4 Å². The highest BCUT2D eigenvalue weighted by Crippen LogP contribution is 2.21. The Morgan fingerprint density at radius 2 is 2.10 bits per heavy atom. The lowest BCUT2D eigenvalue weighted by atomic mass is 10.1. The summed E-state index contributed by atoms with van der Waals surface area (Å²) in [5, 5.41) is 0.953. The molecule has 4 aromatic rings. The van der Waals surface area contributed by atoms with Gasteiger partial charge in [0.05, 0.1) is 17.3 Å². The standard InChI is InChI=1S/C22H17ClN4O3/c23-14-4-5-19-16(9-14)20(28)13(12-30-19)10-27-8-6-15-18(11-27)25-21(26-22(15)29)17-3-1-2-7-24-17/h1-5,7,9,12H,6,8,10-11H2,(H,25,26,29). The molecule has 5 rings (SSSR count). The lowest BCUT2D eigenvalue weighted by molar-refractivity contribution is 0.238. The average Bonchev–Trinajstić information content (AvgIpc) is 2.76. The topological polar surface area (TPSA) is 92.1 Å². The van der Waals surface area contributed by atoms with Crippen LogP contribution in [0, 0.1) is 0 Å². The van der Waals surface area contributed by atoms with E-state index in [1.807, 2.05) is 12.1 Å². The third-order valence-corrected chi connectivity index (χ3v) is 5.50. The molecule has 0 spiro atoms. The number of hydrogen-bond acceptors (Lipinski definition) is 6. The van der Waals surface area contributed by atoms with Crippen molar-refractivity contribution in [3.63, 3.8) is 0 Å². The van der Waals surface area contributed by atoms with Gasteiger partial charge in [-0.15, -0.1) is 0 Å². The zero-order chi connectivity index (χ0) is 20.7. The number of rotatable bonds is 3. The molecule has 7 nitrogen and oxygen atoms in total. The first-order valence-corrected chi connectivity index (χ1v) is 9.92. The van der Waals surface area contributed by atoms with Crippen LogP contribution in [0.15, 0.2) is 62.9 Å². The molecule has 0 radical (unpaired) electrons. The second-order valence-corrected chi connectivity index (χ2v) is 7.68. The van der Waals surface area contributed by atoms with Gasteiger partial charge in [0, 0.05) is 42.0 Å². The highest BCUT2D eigenvalue weighted by atomic mass is 35.5. The summed E-state index contributed by atoms with van der Waals surface area (Å²) in [6, 6.07) is 10.5. The summed E-state index contributed by atoms with van der Waals surface area (Å²) >= 11 is 6.03. The molecule has 1 aliphatic rings. The van der Waals surface area contributed by atoms with Crippen LogP contribution in [0.5, 0.6) is 0 Å². The fourth-order valence-corrected chi connectivity index (χ4v) is 3.92. The molecule has 1 N–H and O–H groups in total. The van der Waals surface area contributed by atoms with Gasteiger partial charge in [-0.25, -0.2) is 4.98 Å². The molecule has 0 atom stereocenters. The van der Waals surface area contributed by atoms with E-state index in [1.165, 1.54) is 6.26 Å². The summed E-state index contributed by atoms with van der Waals surface area (Å²) in [7, 11) is 0. The van der Waals surface area contributed by atoms with E-state index in [-0.39, 0.29) is 11.0 Å². The number of nitrogens with zero attached hydrogens (tertiary/aromatic N) is 3. The number of hydrogen-bond donors (Lipinski definition) is 1. The maximum atomic E-state index is 12.9. The fourth-order valence-electron chi connectivity index (χ4n) is 3.75. The van der Waals surface area contributed by atoms with Gasteiger partial charge in [0.1, 0.15) is 11.3 Å². The van der Waals surface area contributed by atoms with Crippen LogP contribution >= 0.6 is 11.6 Å². The van der Waals surface area contributed by atoms with Gasteiger partial charge in [-0.2, -0.15) is 0 Å². The first-order valence-electron chi connectivity index (χ1n) is 9.54. The maximum absolute atomic E-state index is 12.9. The summed E-state index contributed by atoms with van der Waals surface area (Å²) in [5.41, 5.74) is 2.81. The van der Waals surface area contributed by atoms with Crippen LogP contribution in [0.3, 0.4) is 0 Å². The van der Waals surface area contributed by atoms with Crippen molar-refractivity contribution >= 4 is 22.6 Å². The van der Waals surface area contributed by atoms with E-state index in [0.717, 1.165) is 0 Å². The molecule has 150 valence electrons. The molecule has 0 fully saturated rings. The van der Waals surface area contributed by atoms with Crippen LogP contribution in [0.2, 0.25) is 5.02 Å². The van der Waals surface area contributed by atoms with Crippen molar-refractivity contribution in [3.8, 4) is 11.5 Å². The lowest BCUT2D eigenvalue weighted by Crippen LogP contribution is -2.36. The van der Waals surface area contributed by atoms with Gasteiger partial charge in [0.2, 0.25) is 0 Å². The molecule has 3 aromatic heterocycles. The molecule has 0 bridgehead atoms. The minimum absolute atomic E-state index is 0.0995. The van der Waals surface area contributed by atoms with Gasteiger partial charge in [-0.1, -0.05) is 17.7 Å². The van der Waals surface area contributed by atoms with E-state index >= 15 is 0 Å². The number of nitrogens with one attached hydrogen (secondary N) is 1. The Bertz CT molecular complexity index is 1360. The first-order chi connectivity index (χ1) is 14.6. The number of pyridine rings is 1. The number of H-pyrrole nitrogens is 1. The number of halogens is 1. The minimum Gasteiger partial charge on any atom is -0.464 e. The summed E-state index contributed by atoms with van der Waals surface area (Å²) in [4.78, 5) is 39.2. The molecule has 0 saturated heterocycles. The number of fused-ring (bicyclic) bond motifs is 2. The molecule has 1 aromatic carbocycles. The van der Waals surface area contributed by atoms with Crippen molar-refractivity contribution in [2.45, 2.75) is 19.5 Å². The SMILES string of the molecule is O=c1[nH]c(-c2ccccn2)nc2c1CCN(Cc1coc3ccc(Cl)cc3c1=O)C2. The molecule has 0 aliphatic carbocycles. The first kappa shape index (κ1) is 18.7. The molecule has 1 aliphatic heterocycles. The zero-order valence-corrected chi connectivity index (χ0v) is 16.6. The summed E-state index contributed by atoms with van der Waals surface area (Å²) in [6.07, 6.45) is 3.72. The molecular weight excluding hydrogens is 404 g/mol. The number of aromatic nitrogens is 3. The van der Waals surface area contributed by atoms with Crippen molar-refractivity contribution in [2.75, 3.05) is 6.54 Å². The number of aromatic amines is 1. The molecule has 0 amide bonds. The summed E-state index contributed by atoms with van der Waals surface area (Å²) in [5.74, 6) is 0.445. The largest absolute Gasteiger partial charge is 0.464 e. The molecule has 8 heteroatoms. The van der Waals surface area contributed by atoms with Gasteiger partial charge in [0.15, 0.2) is 11.3 Å². The fraction of sp³-hybridized carbons (Fsp3) is 0.182. The van der Waals surface area contributed by atoms with Crippen LogP contribution in [0.25, 0.3) is 22.5 Å². The van der Waals surface area contributed by atoms with Gasteiger partial charge in [0.25, 0.3) is 5.56 Å². The predicted octanol–water partition coefficient (Wildman–Crippen LogP) is 3.15. The molecule has 30 heavy (non-hydrogen) atoms. The van der Waals surface area contributed by atoms with Crippen molar-refractivity contribution in [1.82, 2.24) is 19.9 Å². The van der Waals surface area contributed by atoms with Crippen molar-refractivity contribution in [2.24, 2.45) is 0 Å². The smallest absolute Gasteiger partial charge is 0.254 e. The van der Waals surface area contributed by atoms with Crippen LogP contribution < -0.4 is 11.0 Å². The predicted molar refractivity (Wildman–Crippen MR) is 113 cm³/mol. The minimum atomic E-state index is -0.139. The van der Waals surface area contributed by atoms with Gasteiger partial charge in [-0.05, 0) is 36.8 Å². The summed E-state index contributed by atoms with van der Waals surface area (Å²) < 4.78 is 5.62. The van der Waals surface area contributed by atoms with E-state index in [4.69, 9.17) is 16.0 Å². The van der Waals surface area contributed by atoms with Crippen molar-refractivity contribution < 1.29 is 4.42 Å². The zero-order valence-electron chi connectivity index (χ0n) is 15.9. The van der Waals surface area contributed by atoms with Crippen LogP contribution in [-0.4, -0.2) is 26.4 Å². The highest BCUT2D eigenvalue weighted by molar-refractivity contribution is 6.31. The van der Waals surface area contributed by atoms with Gasteiger partial charge in [-0.3, -0.25) is 19.5 Å². The van der Waals surface area contributed by atoms with Gasteiger partial charge >= 0.3 is 0 Å². The van der Waals surface area contributed by atoms with Crippen molar-refractivity contribution in [1.29, 1.82) is 0 Å². The van der Waals surface area contributed by atoms with E-state index in [1.54, 1.807) is 30.5 Å². The van der Waals surface area contributed by atoms with E-state index in [2.05, 4.69) is 19.9 Å². The normalized spacial score (nSPS) is 14.0. The Kier molecular flexibility index (Phi) is 4.69. The number of benzene rings is 1. The quantitative estimate of drug-likeness (QED) is 0.547. The lowest BCUT2D eigenvalue weighted by Gasteiger charge is -2.27. The highest BCUT2D eigenvalue weighted by Gasteiger charge is 2.23. The second kappa shape index (κ2) is 7.51. The molecular formula is C22H17ClN4O3. The Labute approximate surface area is 176 Å². The Morgan fingerprint density at radius 1 is 1.20 bits per heavy atom. The van der Waals surface area contributed by atoms with E-state index in [9.17, 15) is 9.59 Å². The monoisotopic (exact) mass is 420 g/mol. The Hall–Kier alpha value is -3.29. The molecule has 4 heterocycles. The Morgan fingerprint density at radius 3 is 2.93 bits per heavy atom. The van der Waals surface area contributed by atoms with Crippen LogP contribution in [0.1, 0.15) is 16.8 Å². The van der Waals surface area contributed by atoms with Gasteiger partial charge < -0.3 is 9.40 Å².